The maximum Gasteiger partial charge on any atom is 0.225 e. The van der Waals surface area contributed by atoms with E-state index in [1.165, 1.54) is 0 Å². The summed E-state index contributed by atoms with van der Waals surface area (Å²) in [5.74, 6) is 0.769. The highest BCUT2D eigenvalue weighted by atomic mass is 16.5. The molecular weight excluding hydrogens is 180 g/mol. The molecule has 1 saturated heterocycles. The van der Waals surface area contributed by atoms with Crippen molar-refractivity contribution in [1.29, 1.82) is 0 Å². The van der Waals surface area contributed by atoms with Crippen molar-refractivity contribution in [3.8, 4) is 0 Å². The van der Waals surface area contributed by atoms with Gasteiger partial charge in [0.1, 0.15) is 11.8 Å². The maximum absolute atomic E-state index is 5.73. The first-order valence-corrected chi connectivity index (χ1v) is 5.06. The van der Waals surface area contributed by atoms with Crippen LogP contribution in [0.1, 0.15) is 50.0 Å². The van der Waals surface area contributed by atoms with Gasteiger partial charge in [0.25, 0.3) is 0 Å². The zero-order valence-electron chi connectivity index (χ0n) is 8.62. The Morgan fingerprint density at radius 3 is 2.86 bits per heavy atom. The van der Waals surface area contributed by atoms with E-state index < -0.39 is 0 Å². The summed E-state index contributed by atoms with van der Waals surface area (Å²) in [4.78, 5) is 0. The molecule has 1 unspecified atom stereocenters. The molecule has 78 valence electrons. The number of ether oxygens (including phenoxy) is 1. The summed E-state index contributed by atoms with van der Waals surface area (Å²) in [5, 5.41) is 3.99. The summed E-state index contributed by atoms with van der Waals surface area (Å²) in [5.41, 5.74) is 7.63. The summed E-state index contributed by atoms with van der Waals surface area (Å²) in [6.07, 6.45) is 2.20. The third-order valence-electron chi connectivity index (χ3n) is 2.60. The lowest BCUT2D eigenvalue weighted by Crippen LogP contribution is -2.03. The van der Waals surface area contributed by atoms with Crippen molar-refractivity contribution in [3.05, 3.63) is 11.3 Å². The van der Waals surface area contributed by atoms with Gasteiger partial charge >= 0.3 is 0 Å². The SMILES string of the molecule is CC(C)c1c(C2CCCO2)noc1N. The van der Waals surface area contributed by atoms with Crippen molar-refractivity contribution >= 4 is 5.88 Å². The molecule has 4 heteroatoms. The molecule has 1 aromatic heterocycles. The molecule has 0 aromatic carbocycles. The van der Waals surface area contributed by atoms with Gasteiger partial charge in [-0.25, -0.2) is 0 Å². The first-order valence-electron chi connectivity index (χ1n) is 5.06. The Bertz CT molecular complexity index is 314. The molecule has 0 amide bonds. The minimum absolute atomic E-state index is 0.0912. The quantitative estimate of drug-likeness (QED) is 0.787. The molecule has 2 N–H and O–H groups in total. The molecule has 0 saturated carbocycles. The van der Waals surface area contributed by atoms with E-state index >= 15 is 0 Å². The van der Waals surface area contributed by atoms with Crippen molar-refractivity contribution in [2.75, 3.05) is 12.3 Å². The van der Waals surface area contributed by atoms with Crippen LogP contribution in [0.2, 0.25) is 0 Å². The molecule has 14 heavy (non-hydrogen) atoms. The fourth-order valence-electron chi connectivity index (χ4n) is 1.93. The highest BCUT2D eigenvalue weighted by Crippen LogP contribution is 2.35. The monoisotopic (exact) mass is 196 g/mol. The van der Waals surface area contributed by atoms with Crippen LogP contribution in [0.3, 0.4) is 0 Å². The molecule has 4 nitrogen and oxygen atoms in total. The Labute approximate surface area is 83.4 Å². The fourth-order valence-corrected chi connectivity index (χ4v) is 1.93. The second-order valence-electron chi connectivity index (χ2n) is 4.00. The number of aromatic nitrogens is 1. The molecule has 1 atom stereocenters. The number of nitrogens with two attached hydrogens (primary N) is 1. The second-order valence-corrected chi connectivity index (χ2v) is 4.00. The van der Waals surface area contributed by atoms with Crippen LogP contribution in [-0.4, -0.2) is 11.8 Å². The van der Waals surface area contributed by atoms with Gasteiger partial charge in [-0.1, -0.05) is 19.0 Å². The van der Waals surface area contributed by atoms with Crippen LogP contribution in [-0.2, 0) is 4.74 Å². The Hall–Kier alpha value is -1.03. The minimum atomic E-state index is 0.0912. The van der Waals surface area contributed by atoms with E-state index in [1.807, 2.05) is 0 Å². The van der Waals surface area contributed by atoms with Crippen molar-refractivity contribution < 1.29 is 9.26 Å². The number of anilines is 1. The molecule has 0 aliphatic carbocycles. The van der Waals surface area contributed by atoms with E-state index in [4.69, 9.17) is 15.0 Å². The normalized spacial score (nSPS) is 22.1. The van der Waals surface area contributed by atoms with Crippen LogP contribution < -0.4 is 5.73 Å². The average molecular weight is 196 g/mol. The van der Waals surface area contributed by atoms with Gasteiger partial charge in [0.15, 0.2) is 0 Å². The summed E-state index contributed by atoms with van der Waals surface area (Å²) >= 11 is 0. The molecule has 0 spiro atoms. The summed E-state index contributed by atoms with van der Waals surface area (Å²) in [7, 11) is 0. The lowest BCUT2D eigenvalue weighted by atomic mass is 9.99. The zero-order chi connectivity index (χ0) is 10.1. The van der Waals surface area contributed by atoms with Crippen LogP contribution >= 0.6 is 0 Å². The van der Waals surface area contributed by atoms with E-state index in [0.717, 1.165) is 30.7 Å². The number of hydrogen-bond donors (Lipinski definition) is 1. The van der Waals surface area contributed by atoms with E-state index in [-0.39, 0.29) is 6.10 Å². The van der Waals surface area contributed by atoms with Gasteiger partial charge in [-0.3, -0.25) is 0 Å². The Kier molecular flexibility index (Phi) is 2.46. The molecule has 2 heterocycles. The number of nitrogen functional groups attached to an aromatic ring is 1. The molecular formula is C10H16N2O2. The van der Waals surface area contributed by atoms with Gasteiger partial charge in [0.05, 0.1) is 0 Å². The van der Waals surface area contributed by atoms with Crippen LogP contribution in [0.5, 0.6) is 0 Å². The van der Waals surface area contributed by atoms with Crippen molar-refractivity contribution in [3.63, 3.8) is 0 Å². The highest BCUT2D eigenvalue weighted by molar-refractivity contribution is 5.42. The first kappa shape index (κ1) is 9.52. The van der Waals surface area contributed by atoms with Crippen LogP contribution in [0.4, 0.5) is 5.88 Å². The fraction of sp³-hybridized carbons (Fsp3) is 0.700. The Balaban J connectivity index is 2.32. The van der Waals surface area contributed by atoms with E-state index in [1.54, 1.807) is 0 Å². The molecule has 1 aliphatic heterocycles. The van der Waals surface area contributed by atoms with Gasteiger partial charge < -0.3 is 15.0 Å². The maximum atomic E-state index is 5.73. The van der Waals surface area contributed by atoms with Gasteiger partial charge in [0, 0.05) is 12.2 Å². The van der Waals surface area contributed by atoms with Crippen molar-refractivity contribution in [2.45, 2.75) is 38.7 Å². The highest BCUT2D eigenvalue weighted by Gasteiger charge is 2.27. The lowest BCUT2D eigenvalue weighted by molar-refractivity contribution is 0.105. The van der Waals surface area contributed by atoms with Crippen LogP contribution in [0.25, 0.3) is 0 Å². The minimum Gasteiger partial charge on any atom is -0.372 e. The van der Waals surface area contributed by atoms with E-state index in [0.29, 0.717) is 11.8 Å². The summed E-state index contributed by atoms with van der Waals surface area (Å²) in [6, 6.07) is 0. The molecule has 1 fully saturated rings. The van der Waals surface area contributed by atoms with Gasteiger partial charge in [-0.15, -0.1) is 0 Å². The summed E-state index contributed by atoms with van der Waals surface area (Å²) < 4.78 is 10.6. The molecule has 0 radical (unpaired) electrons. The standard InChI is InChI=1S/C10H16N2O2/c1-6(2)8-9(12-14-10(8)11)7-4-3-5-13-7/h6-7H,3-5,11H2,1-2H3. The average Bonchev–Trinajstić information content (AvgIpc) is 2.70. The number of rotatable bonds is 2. The van der Waals surface area contributed by atoms with Gasteiger partial charge in [0.2, 0.25) is 5.88 Å². The topological polar surface area (TPSA) is 61.3 Å². The third kappa shape index (κ3) is 1.50. The largest absolute Gasteiger partial charge is 0.372 e. The van der Waals surface area contributed by atoms with Gasteiger partial charge in [-0.05, 0) is 18.8 Å². The molecule has 2 rings (SSSR count). The molecule has 0 bridgehead atoms. The smallest absolute Gasteiger partial charge is 0.225 e. The van der Waals surface area contributed by atoms with Crippen LogP contribution in [0, 0.1) is 0 Å². The second kappa shape index (κ2) is 3.61. The van der Waals surface area contributed by atoms with E-state index in [9.17, 15) is 0 Å². The lowest BCUT2D eigenvalue weighted by Gasteiger charge is -2.10. The number of hydrogen-bond acceptors (Lipinski definition) is 4. The van der Waals surface area contributed by atoms with E-state index in [2.05, 4.69) is 19.0 Å². The Morgan fingerprint density at radius 2 is 2.29 bits per heavy atom. The molecule has 1 aliphatic rings. The predicted octanol–water partition coefficient (Wildman–Crippen LogP) is 2.23. The Morgan fingerprint density at radius 1 is 1.50 bits per heavy atom. The zero-order valence-corrected chi connectivity index (χ0v) is 8.62. The number of nitrogens with zero attached hydrogens (tertiary/aromatic N) is 1. The van der Waals surface area contributed by atoms with Crippen LogP contribution in [0.15, 0.2) is 4.52 Å². The van der Waals surface area contributed by atoms with Crippen molar-refractivity contribution in [1.82, 2.24) is 5.16 Å². The first-order chi connectivity index (χ1) is 6.70. The third-order valence-corrected chi connectivity index (χ3v) is 2.60. The van der Waals surface area contributed by atoms with Crippen molar-refractivity contribution in [2.24, 2.45) is 0 Å². The predicted molar refractivity (Wildman–Crippen MR) is 52.9 cm³/mol. The van der Waals surface area contributed by atoms with Gasteiger partial charge in [-0.2, -0.15) is 0 Å². The molecule has 1 aromatic rings. The summed E-state index contributed by atoms with van der Waals surface area (Å²) in [6.45, 7) is 4.98.